The Bertz CT molecular complexity index is 912. The SMILES string of the molecule is CCOc1cc(NC(=O)C2CCCO2)c(OCC)cc1NC(=O)c1cccc(F)c1. The van der Waals surface area contributed by atoms with Crippen molar-refractivity contribution >= 4 is 23.2 Å². The molecule has 0 aliphatic carbocycles. The van der Waals surface area contributed by atoms with Gasteiger partial charge in [-0.25, -0.2) is 4.39 Å². The molecule has 1 heterocycles. The lowest BCUT2D eigenvalue weighted by molar-refractivity contribution is -0.124. The Morgan fingerprint density at radius 2 is 1.73 bits per heavy atom. The topological polar surface area (TPSA) is 85.9 Å². The number of benzene rings is 2. The minimum atomic E-state index is -0.505. The first kappa shape index (κ1) is 21.6. The van der Waals surface area contributed by atoms with Crippen LogP contribution in [0.25, 0.3) is 0 Å². The zero-order valence-corrected chi connectivity index (χ0v) is 17.0. The van der Waals surface area contributed by atoms with Gasteiger partial charge in [0.1, 0.15) is 23.4 Å². The highest BCUT2D eigenvalue weighted by molar-refractivity contribution is 6.05. The molecule has 0 saturated carbocycles. The van der Waals surface area contributed by atoms with Gasteiger partial charge in [0.15, 0.2) is 0 Å². The van der Waals surface area contributed by atoms with Gasteiger partial charge in [-0.05, 0) is 44.9 Å². The molecule has 2 aromatic rings. The summed E-state index contributed by atoms with van der Waals surface area (Å²) in [5, 5.41) is 5.55. The van der Waals surface area contributed by atoms with Gasteiger partial charge < -0.3 is 24.8 Å². The van der Waals surface area contributed by atoms with E-state index >= 15 is 0 Å². The van der Waals surface area contributed by atoms with Gasteiger partial charge in [0.25, 0.3) is 11.8 Å². The lowest BCUT2D eigenvalue weighted by Gasteiger charge is -2.19. The molecule has 8 heteroatoms. The molecule has 2 amide bonds. The van der Waals surface area contributed by atoms with Gasteiger partial charge in [0, 0.05) is 24.3 Å². The highest BCUT2D eigenvalue weighted by Crippen LogP contribution is 2.37. The summed E-state index contributed by atoms with van der Waals surface area (Å²) < 4.78 is 30.2. The first-order valence-corrected chi connectivity index (χ1v) is 9.94. The highest BCUT2D eigenvalue weighted by Gasteiger charge is 2.25. The summed E-state index contributed by atoms with van der Waals surface area (Å²) in [6, 6.07) is 8.57. The Morgan fingerprint density at radius 1 is 1.07 bits per heavy atom. The van der Waals surface area contributed by atoms with Crippen LogP contribution >= 0.6 is 0 Å². The molecule has 0 radical (unpaired) electrons. The summed E-state index contributed by atoms with van der Waals surface area (Å²) in [7, 11) is 0. The molecule has 0 aromatic heterocycles. The van der Waals surface area contributed by atoms with E-state index in [1.54, 1.807) is 19.1 Å². The summed E-state index contributed by atoms with van der Waals surface area (Å²) in [5.74, 6) is -0.522. The van der Waals surface area contributed by atoms with Crippen molar-refractivity contribution in [1.82, 2.24) is 0 Å². The molecule has 30 heavy (non-hydrogen) atoms. The third kappa shape index (κ3) is 5.27. The van der Waals surface area contributed by atoms with Gasteiger partial charge in [-0.2, -0.15) is 0 Å². The lowest BCUT2D eigenvalue weighted by atomic mass is 10.1. The number of hydrogen-bond acceptors (Lipinski definition) is 5. The summed E-state index contributed by atoms with van der Waals surface area (Å²) in [4.78, 5) is 25.1. The zero-order chi connectivity index (χ0) is 21.5. The van der Waals surface area contributed by atoms with Crippen LogP contribution in [0.4, 0.5) is 15.8 Å². The number of carbonyl (C=O) groups excluding carboxylic acids is 2. The van der Waals surface area contributed by atoms with Crippen LogP contribution in [0, 0.1) is 5.82 Å². The second-order valence-corrected chi connectivity index (χ2v) is 6.67. The van der Waals surface area contributed by atoms with Crippen LogP contribution < -0.4 is 20.1 Å². The molecule has 1 fully saturated rings. The normalized spacial score (nSPS) is 15.5. The molecule has 3 rings (SSSR count). The maximum Gasteiger partial charge on any atom is 0.255 e. The predicted octanol–water partition coefficient (Wildman–Crippen LogP) is 3.99. The molecule has 1 aliphatic heterocycles. The second kappa shape index (κ2) is 10.1. The number of anilines is 2. The van der Waals surface area contributed by atoms with E-state index in [4.69, 9.17) is 14.2 Å². The van der Waals surface area contributed by atoms with Crippen LogP contribution in [0.1, 0.15) is 37.0 Å². The average molecular weight is 416 g/mol. The Kier molecular flexibility index (Phi) is 7.24. The monoisotopic (exact) mass is 416 g/mol. The molecule has 2 N–H and O–H groups in total. The van der Waals surface area contributed by atoms with E-state index in [0.717, 1.165) is 12.5 Å². The van der Waals surface area contributed by atoms with Crippen molar-refractivity contribution in [3.05, 3.63) is 47.8 Å². The number of rotatable bonds is 8. The van der Waals surface area contributed by atoms with Crippen LogP contribution in [-0.4, -0.2) is 37.7 Å². The average Bonchev–Trinajstić information content (AvgIpc) is 3.26. The minimum absolute atomic E-state index is 0.172. The van der Waals surface area contributed by atoms with Crippen molar-refractivity contribution in [2.45, 2.75) is 32.8 Å². The number of amides is 2. The maximum atomic E-state index is 13.5. The van der Waals surface area contributed by atoms with E-state index < -0.39 is 17.8 Å². The smallest absolute Gasteiger partial charge is 0.255 e. The van der Waals surface area contributed by atoms with Crippen molar-refractivity contribution in [2.75, 3.05) is 30.5 Å². The second-order valence-electron chi connectivity index (χ2n) is 6.67. The Hall–Kier alpha value is -3.13. The predicted molar refractivity (Wildman–Crippen MR) is 111 cm³/mol. The van der Waals surface area contributed by atoms with E-state index in [0.29, 0.717) is 49.1 Å². The fourth-order valence-corrected chi connectivity index (χ4v) is 3.13. The molecule has 1 unspecified atom stereocenters. The quantitative estimate of drug-likeness (QED) is 0.680. The third-order valence-corrected chi connectivity index (χ3v) is 4.50. The van der Waals surface area contributed by atoms with Gasteiger partial charge in [0.2, 0.25) is 0 Å². The van der Waals surface area contributed by atoms with Crippen LogP contribution in [-0.2, 0) is 9.53 Å². The summed E-state index contributed by atoms with van der Waals surface area (Å²) in [6.07, 6.45) is 1.00. The van der Waals surface area contributed by atoms with Crippen LogP contribution in [0.2, 0.25) is 0 Å². The van der Waals surface area contributed by atoms with E-state index in [9.17, 15) is 14.0 Å². The van der Waals surface area contributed by atoms with Crippen LogP contribution in [0.5, 0.6) is 11.5 Å². The zero-order valence-electron chi connectivity index (χ0n) is 17.0. The number of halogens is 1. The van der Waals surface area contributed by atoms with E-state index in [1.807, 2.05) is 6.92 Å². The van der Waals surface area contributed by atoms with Crippen molar-refractivity contribution in [1.29, 1.82) is 0 Å². The van der Waals surface area contributed by atoms with Gasteiger partial charge >= 0.3 is 0 Å². The number of nitrogens with one attached hydrogen (secondary N) is 2. The first-order chi connectivity index (χ1) is 14.5. The minimum Gasteiger partial charge on any atom is -0.492 e. The summed E-state index contributed by atoms with van der Waals surface area (Å²) >= 11 is 0. The van der Waals surface area contributed by atoms with Crippen LogP contribution in [0.15, 0.2) is 36.4 Å². The van der Waals surface area contributed by atoms with Crippen LogP contribution in [0.3, 0.4) is 0 Å². The molecule has 160 valence electrons. The largest absolute Gasteiger partial charge is 0.492 e. The lowest BCUT2D eigenvalue weighted by Crippen LogP contribution is -2.27. The molecular formula is C22H25FN2O5. The molecule has 1 saturated heterocycles. The molecule has 0 spiro atoms. The Morgan fingerprint density at radius 3 is 2.30 bits per heavy atom. The fraction of sp³-hybridized carbons (Fsp3) is 0.364. The summed E-state index contributed by atoms with van der Waals surface area (Å²) in [5.41, 5.74) is 0.945. The molecule has 2 aromatic carbocycles. The van der Waals surface area contributed by atoms with E-state index in [-0.39, 0.29) is 11.5 Å². The molecule has 0 bridgehead atoms. The number of hydrogen-bond donors (Lipinski definition) is 2. The fourth-order valence-electron chi connectivity index (χ4n) is 3.13. The maximum absolute atomic E-state index is 13.5. The molecule has 7 nitrogen and oxygen atoms in total. The third-order valence-electron chi connectivity index (χ3n) is 4.50. The van der Waals surface area contributed by atoms with Gasteiger partial charge in [-0.1, -0.05) is 6.07 Å². The molecule has 1 aliphatic rings. The van der Waals surface area contributed by atoms with Crippen molar-refractivity contribution in [3.63, 3.8) is 0 Å². The van der Waals surface area contributed by atoms with Gasteiger partial charge in [0.05, 0.1) is 24.6 Å². The Balaban J connectivity index is 1.89. The first-order valence-electron chi connectivity index (χ1n) is 9.94. The standard InChI is InChI=1S/C22H25FN2O5/c1-3-28-19-13-17(25-22(27)18-9-6-10-30-18)20(29-4-2)12-16(19)24-21(26)14-7-5-8-15(23)11-14/h5,7-8,11-13,18H,3-4,6,9-10H2,1-2H3,(H,24,26)(H,25,27). The number of carbonyl (C=O) groups is 2. The molecule has 1 atom stereocenters. The van der Waals surface area contributed by atoms with Crippen molar-refractivity contribution < 1.29 is 28.2 Å². The van der Waals surface area contributed by atoms with Gasteiger partial charge in [-0.3, -0.25) is 9.59 Å². The van der Waals surface area contributed by atoms with Crippen molar-refractivity contribution in [2.24, 2.45) is 0 Å². The summed E-state index contributed by atoms with van der Waals surface area (Å²) in [6.45, 7) is 4.88. The number of ether oxygens (including phenoxy) is 3. The van der Waals surface area contributed by atoms with E-state index in [2.05, 4.69) is 10.6 Å². The molecular weight excluding hydrogens is 391 g/mol. The van der Waals surface area contributed by atoms with E-state index in [1.165, 1.54) is 18.2 Å². The Labute approximate surface area is 174 Å². The van der Waals surface area contributed by atoms with Gasteiger partial charge in [-0.15, -0.1) is 0 Å². The van der Waals surface area contributed by atoms with Crippen molar-refractivity contribution in [3.8, 4) is 11.5 Å². The highest BCUT2D eigenvalue weighted by atomic mass is 19.1.